The van der Waals surface area contributed by atoms with Crippen LogP contribution >= 0.6 is 11.6 Å². The van der Waals surface area contributed by atoms with Crippen LogP contribution in [0.3, 0.4) is 0 Å². The molecule has 0 saturated carbocycles. The summed E-state index contributed by atoms with van der Waals surface area (Å²) in [6.45, 7) is 1.92. The Morgan fingerprint density at radius 2 is 2.17 bits per heavy atom. The largest absolute Gasteiger partial charge is 0.495 e. The quantitative estimate of drug-likeness (QED) is 0.641. The van der Waals surface area contributed by atoms with E-state index in [1.54, 1.807) is 30.5 Å². The van der Waals surface area contributed by atoms with E-state index in [9.17, 15) is 10.1 Å². The van der Waals surface area contributed by atoms with Crippen molar-refractivity contribution < 1.29 is 9.53 Å². The number of ether oxygens (including phenoxy) is 1. The van der Waals surface area contributed by atoms with E-state index in [1.165, 1.54) is 13.3 Å². The molecule has 24 heavy (non-hydrogen) atoms. The number of aromatic nitrogens is 1. The van der Waals surface area contributed by atoms with Gasteiger partial charge in [-0.3, -0.25) is 4.79 Å². The zero-order valence-corrected chi connectivity index (χ0v) is 13.9. The van der Waals surface area contributed by atoms with Crippen molar-refractivity contribution >= 4 is 29.0 Å². The molecule has 1 aromatic carbocycles. The van der Waals surface area contributed by atoms with Crippen molar-refractivity contribution in [3.05, 3.63) is 58.9 Å². The van der Waals surface area contributed by atoms with Gasteiger partial charge in [-0.1, -0.05) is 11.6 Å². The van der Waals surface area contributed by atoms with Gasteiger partial charge in [0.25, 0.3) is 5.91 Å². The Kier molecular flexibility index (Phi) is 5.77. The van der Waals surface area contributed by atoms with Gasteiger partial charge in [0.15, 0.2) is 0 Å². The van der Waals surface area contributed by atoms with Crippen LogP contribution in [0.5, 0.6) is 5.75 Å². The number of carbonyl (C=O) groups is 1. The summed E-state index contributed by atoms with van der Waals surface area (Å²) in [4.78, 5) is 16.3. The van der Waals surface area contributed by atoms with Gasteiger partial charge in [0, 0.05) is 17.4 Å². The van der Waals surface area contributed by atoms with Gasteiger partial charge in [0.05, 0.1) is 12.8 Å². The highest BCUT2D eigenvalue weighted by atomic mass is 35.5. The monoisotopic (exact) mass is 342 g/mol. The minimum Gasteiger partial charge on any atom is -0.495 e. The van der Waals surface area contributed by atoms with E-state index in [0.717, 1.165) is 5.56 Å². The van der Waals surface area contributed by atoms with Gasteiger partial charge >= 0.3 is 0 Å². The van der Waals surface area contributed by atoms with Crippen molar-refractivity contribution in [2.24, 2.45) is 0 Å². The normalized spacial score (nSPS) is 10.7. The zero-order valence-electron chi connectivity index (χ0n) is 13.1. The second-order valence-corrected chi connectivity index (χ2v) is 5.27. The number of hydrogen-bond donors (Lipinski definition) is 2. The number of pyridine rings is 1. The lowest BCUT2D eigenvalue weighted by Gasteiger charge is -2.10. The summed E-state index contributed by atoms with van der Waals surface area (Å²) in [5.41, 5.74) is 1.28. The van der Waals surface area contributed by atoms with Gasteiger partial charge in [-0.15, -0.1) is 0 Å². The molecule has 1 aromatic heterocycles. The fourth-order valence-electron chi connectivity index (χ4n) is 1.88. The van der Waals surface area contributed by atoms with E-state index in [2.05, 4.69) is 15.6 Å². The third-order valence-corrected chi connectivity index (χ3v) is 3.29. The number of halogens is 1. The number of aryl methyl sites for hydroxylation is 1. The molecule has 0 aliphatic heterocycles. The Morgan fingerprint density at radius 3 is 2.83 bits per heavy atom. The van der Waals surface area contributed by atoms with Crippen LogP contribution in [0, 0.1) is 18.3 Å². The molecule has 6 nitrogen and oxygen atoms in total. The summed E-state index contributed by atoms with van der Waals surface area (Å²) in [7, 11) is 1.48. The van der Waals surface area contributed by atoms with Gasteiger partial charge in [-0.25, -0.2) is 4.98 Å². The Morgan fingerprint density at radius 1 is 1.38 bits per heavy atom. The molecule has 0 unspecified atom stereocenters. The molecule has 0 aliphatic carbocycles. The van der Waals surface area contributed by atoms with Gasteiger partial charge in [0.2, 0.25) is 0 Å². The first-order chi connectivity index (χ1) is 11.5. The molecule has 0 spiro atoms. The summed E-state index contributed by atoms with van der Waals surface area (Å²) < 4.78 is 5.16. The zero-order chi connectivity index (χ0) is 17.5. The van der Waals surface area contributed by atoms with Crippen LogP contribution < -0.4 is 15.4 Å². The standard InChI is InChI=1S/C17H15ClN4O2/c1-11-5-6-20-16(7-11)21-10-12(9-19)17(23)22-14-8-13(18)3-4-15(14)24-2/h3-8,10H,1-2H3,(H,20,21)(H,22,23)/b12-10-. The van der Waals surface area contributed by atoms with Crippen LogP contribution in [0.25, 0.3) is 0 Å². The van der Waals surface area contributed by atoms with Gasteiger partial charge in [-0.05, 0) is 42.8 Å². The molecule has 2 N–H and O–H groups in total. The highest BCUT2D eigenvalue weighted by Gasteiger charge is 2.13. The molecule has 0 saturated heterocycles. The fourth-order valence-corrected chi connectivity index (χ4v) is 2.05. The summed E-state index contributed by atoms with van der Waals surface area (Å²) in [6.07, 6.45) is 2.93. The predicted molar refractivity (Wildman–Crippen MR) is 92.9 cm³/mol. The Bertz CT molecular complexity index is 828. The first-order valence-electron chi connectivity index (χ1n) is 6.98. The van der Waals surface area contributed by atoms with Crippen molar-refractivity contribution in [2.75, 3.05) is 17.7 Å². The second-order valence-electron chi connectivity index (χ2n) is 4.83. The van der Waals surface area contributed by atoms with Crippen LogP contribution in [0.15, 0.2) is 48.3 Å². The molecule has 7 heteroatoms. The van der Waals surface area contributed by atoms with Gasteiger partial charge in [0.1, 0.15) is 23.2 Å². The van der Waals surface area contributed by atoms with E-state index in [0.29, 0.717) is 22.3 Å². The van der Waals surface area contributed by atoms with Crippen molar-refractivity contribution in [1.29, 1.82) is 5.26 Å². The van der Waals surface area contributed by atoms with Gasteiger partial charge in [-0.2, -0.15) is 5.26 Å². The maximum Gasteiger partial charge on any atom is 0.267 e. The fraction of sp³-hybridized carbons (Fsp3) is 0.118. The number of carbonyl (C=O) groups excluding carboxylic acids is 1. The lowest BCUT2D eigenvalue weighted by molar-refractivity contribution is -0.112. The lowest BCUT2D eigenvalue weighted by Crippen LogP contribution is -2.15. The minimum absolute atomic E-state index is 0.111. The third-order valence-electron chi connectivity index (χ3n) is 3.05. The molecular weight excluding hydrogens is 328 g/mol. The average molecular weight is 343 g/mol. The highest BCUT2D eigenvalue weighted by Crippen LogP contribution is 2.27. The molecule has 1 amide bonds. The summed E-state index contributed by atoms with van der Waals surface area (Å²) >= 11 is 5.92. The number of benzene rings is 1. The minimum atomic E-state index is -0.585. The van der Waals surface area contributed by atoms with E-state index in [-0.39, 0.29) is 5.57 Å². The Balaban J connectivity index is 2.16. The lowest BCUT2D eigenvalue weighted by atomic mass is 10.2. The highest BCUT2D eigenvalue weighted by molar-refractivity contribution is 6.31. The molecule has 0 aliphatic rings. The van der Waals surface area contributed by atoms with Crippen LogP contribution in [0.4, 0.5) is 11.5 Å². The number of rotatable bonds is 5. The first kappa shape index (κ1) is 17.3. The molecule has 0 radical (unpaired) electrons. The Hall–Kier alpha value is -3.04. The second kappa shape index (κ2) is 7.99. The maximum absolute atomic E-state index is 12.3. The number of methoxy groups -OCH3 is 1. The molecule has 0 atom stereocenters. The van der Waals surface area contributed by atoms with Gasteiger partial charge < -0.3 is 15.4 Å². The number of anilines is 2. The van der Waals surface area contributed by atoms with Crippen LogP contribution in [0.1, 0.15) is 5.56 Å². The summed E-state index contributed by atoms with van der Waals surface area (Å²) in [5.74, 6) is 0.396. The molecule has 0 fully saturated rings. The van der Waals surface area contributed by atoms with Crippen molar-refractivity contribution in [3.63, 3.8) is 0 Å². The predicted octanol–water partition coefficient (Wildman–Crippen LogP) is 3.51. The first-order valence-corrected chi connectivity index (χ1v) is 7.35. The van der Waals surface area contributed by atoms with E-state index in [1.807, 2.05) is 19.1 Å². The molecule has 122 valence electrons. The number of nitrogens with one attached hydrogen (secondary N) is 2. The number of nitrogens with zero attached hydrogens (tertiary/aromatic N) is 2. The van der Waals surface area contributed by atoms with Crippen molar-refractivity contribution in [2.45, 2.75) is 6.92 Å². The molecule has 0 bridgehead atoms. The van der Waals surface area contributed by atoms with E-state index in [4.69, 9.17) is 16.3 Å². The van der Waals surface area contributed by atoms with Crippen LogP contribution in [0.2, 0.25) is 5.02 Å². The topological polar surface area (TPSA) is 87.0 Å². The number of nitriles is 1. The maximum atomic E-state index is 12.3. The molecular formula is C17H15ClN4O2. The summed E-state index contributed by atoms with van der Waals surface area (Å²) in [5, 5.41) is 15.1. The third kappa shape index (κ3) is 4.48. The molecule has 2 aromatic rings. The Labute approximate surface area is 144 Å². The number of hydrogen-bond acceptors (Lipinski definition) is 5. The smallest absolute Gasteiger partial charge is 0.267 e. The molecule has 2 rings (SSSR count). The van der Waals surface area contributed by atoms with Crippen molar-refractivity contribution in [1.82, 2.24) is 4.98 Å². The molecule has 1 heterocycles. The van der Waals surface area contributed by atoms with E-state index >= 15 is 0 Å². The summed E-state index contributed by atoms with van der Waals surface area (Å²) in [6, 6.07) is 10.3. The average Bonchev–Trinajstić information content (AvgIpc) is 2.55. The van der Waals surface area contributed by atoms with E-state index < -0.39 is 5.91 Å². The number of amides is 1. The van der Waals surface area contributed by atoms with Crippen molar-refractivity contribution in [3.8, 4) is 11.8 Å². The van der Waals surface area contributed by atoms with Crippen LogP contribution in [-0.2, 0) is 4.79 Å². The van der Waals surface area contributed by atoms with Crippen LogP contribution in [-0.4, -0.2) is 18.0 Å². The SMILES string of the molecule is COc1ccc(Cl)cc1NC(=O)/C(C#N)=C\Nc1cc(C)ccn1.